The van der Waals surface area contributed by atoms with Crippen LogP contribution in [0.5, 0.6) is 0 Å². The van der Waals surface area contributed by atoms with Gasteiger partial charge < -0.3 is 4.90 Å². The zero-order valence-electron chi connectivity index (χ0n) is 9.37. The number of ketones is 1. The minimum absolute atomic E-state index is 0.143. The van der Waals surface area contributed by atoms with Crippen molar-refractivity contribution in [2.75, 3.05) is 13.1 Å². The Morgan fingerprint density at radius 3 is 1.93 bits per heavy atom. The average Bonchev–Trinajstić information content (AvgIpc) is 2.15. The second-order valence-electron chi connectivity index (χ2n) is 4.81. The summed E-state index contributed by atoms with van der Waals surface area (Å²) in [5, 5.41) is 0. The highest BCUT2D eigenvalue weighted by Gasteiger charge is 2.33. The molecule has 1 aliphatic carbocycles. The van der Waals surface area contributed by atoms with E-state index >= 15 is 0 Å². The Kier molecular flexibility index (Phi) is 3.08. The zero-order chi connectivity index (χ0) is 10.8. The molecule has 2 rings (SSSR count). The molecule has 0 aromatic heterocycles. The molecule has 0 atom stereocenters. The van der Waals surface area contributed by atoms with Crippen LogP contribution in [-0.2, 0) is 9.59 Å². The summed E-state index contributed by atoms with van der Waals surface area (Å²) >= 11 is 0. The van der Waals surface area contributed by atoms with Gasteiger partial charge in [-0.1, -0.05) is 6.42 Å². The lowest BCUT2D eigenvalue weighted by molar-refractivity contribution is -0.135. The molecule has 0 bridgehead atoms. The van der Waals surface area contributed by atoms with Gasteiger partial charge in [0.05, 0.1) is 0 Å². The fourth-order valence-corrected chi connectivity index (χ4v) is 2.50. The van der Waals surface area contributed by atoms with Crippen molar-refractivity contribution in [3.63, 3.8) is 0 Å². The quantitative estimate of drug-likeness (QED) is 0.693. The molecule has 0 unspecified atom stereocenters. The van der Waals surface area contributed by atoms with Gasteiger partial charge in [0.15, 0.2) is 0 Å². The van der Waals surface area contributed by atoms with Gasteiger partial charge in [-0.2, -0.15) is 0 Å². The lowest BCUT2D eigenvalue weighted by Crippen LogP contribution is -2.41. The highest BCUT2D eigenvalue weighted by atomic mass is 16.2. The molecule has 0 aromatic carbocycles. The van der Waals surface area contributed by atoms with Crippen LogP contribution >= 0.6 is 0 Å². The van der Waals surface area contributed by atoms with Gasteiger partial charge in [-0.15, -0.1) is 0 Å². The Labute approximate surface area is 90.8 Å². The third kappa shape index (κ3) is 2.21. The Balaban J connectivity index is 1.82. The summed E-state index contributed by atoms with van der Waals surface area (Å²) in [4.78, 5) is 24.9. The summed E-state index contributed by atoms with van der Waals surface area (Å²) in [5.74, 6) is 1.22. The first-order valence-corrected chi connectivity index (χ1v) is 5.97. The summed E-state index contributed by atoms with van der Waals surface area (Å²) in [6.07, 6.45) is 5.20. The molecule has 1 amide bonds. The summed E-state index contributed by atoms with van der Waals surface area (Å²) in [6.45, 7) is 3.16. The smallest absolute Gasteiger partial charge is 0.219 e. The van der Waals surface area contributed by atoms with E-state index in [0.717, 1.165) is 38.8 Å². The Morgan fingerprint density at radius 1 is 1.00 bits per heavy atom. The molecule has 0 N–H and O–H groups in total. The molecule has 0 radical (unpaired) electrons. The van der Waals surface area contributed by atoms with Gasteiger partial charge in [-0.05, 0) is 25.7 Å². The van der Waals surface area contributed by atoms with Gasteiger partial charge in [-0.3, -0.25) is 9.59 Å². The lowest BCUT2D eigenvalue weighted by atomic mass is 9.75. The maximum absolute atomic E-state index is 12.0. The molecule has 1 aliphatic heterocycles. The topological polar surface area (TPSA) is 37.4 Å². The molecular weight excluding hydrogens is 190 g/mol. The second-order valence-corrected chi connectivity index (χ2v) is 4.81. The van der Waals surface area contributed by atoms with Crippen LogP contribution in [0.25, 0.3) is 0 Å². The maximum atomic E-state index is 12.0. The van der Waals surface area contributed by atoms with Gasteiger partial charge >= 0.3 is 0 Å². The SMILES string of the molecule is CC(=O)N1CCC(C(=O)C2CCC2)CC1. The van der Waals surface area contributed by atoms with Crippen molar-refractivity contribution < 1.29 is 9.59 Å². The van der Waals surface area contributed by atoms with E-state index in [4.69, 9.17) is 0 Å². The van der Waals surface area contributed by atoms with Crippen LogP contribution < -0.4 is 0 Å². The van der Waals surface area contributed by atoms with Gasteiger partial charge in [0, 0.05) is 31.8 Å². The molecule has 15 heavy (non-hydrogen) atoms. The minimum Gasteiger partial charge on any atom is -0.343 e. The molecule has 84 valence electrons. The molecular formula is C12H19NO2. The first kappa shape index (κ1) is 10.7. The van der Waals surface area contributed by atoms with Crippen molar-refractivity contribution in [1.82, 2.24) is 4.90 Å². The molecule has 0 aromatic rings. The van der Waals surface area contributed by atoms with Gasteiger partial charge in [0.2, 0.25) is 5.91 Å². The third-order valence-corrected chi connectivity index (χ3v) is 3.85. The fourth-order valence-electron chi connectivity index (χ4n) is 2.50. The van der Waals surface area contributed by atoms with E-state index in [9.17, 15) is 9.59 Å². The van der Waals surface area contributed by atoms with Crippen LogP contribution in [-0.4, -0.2) is 29.7 Å². The molecule has 2 fully saturated rings. The van der Waals surface area contributed by atoms with Crippen LogP contribution in [0, 0.1) is 11.8 Å². The normalized spacial score (nSPS) is 23.7. The van der Waals surface area contributed by atoms with E-state index in [0.29, 0.717) is 11.7 Å². The predicted molar refractivity (Wildman–Crippen MR) is 57.3 cm³/mol. The van der Waals surface area contributed by atoms with Crippen LogP contribution in [0.4, 0.5) is 0 Å². The van der Waals surface area contributed by atoms with E-state index in [1.165, 1.54) is 6.42 Å². The number of rotatable bonds is 2. The van der Waals surface area contributed by atoms with Gasteiger partial charge in [0.25, 0.3) is 0 Å². The van der Waals surface area contributed by atoms with Crippen molar-refractivity contribution >= 4 is 11.7 Å². The van der Waals surface area contributed by atoms with Crippen molar-refractivity contribution in [3.05, 3.63) is 0 Å². The predicted octanol–water partition coefficient (Wildman–Crippen LogP) is 1.61. The van der Waals surface area contributed by atoms with Gasteiger partial charge in [-0.25, -0.2) is 0 Å². The first-order chi connectivity index (χ1) is 7.18. The highest BCUT2D eigenvalue weighted by molar-refractivity contribution is 5.84. The van der Waals surface area contributed by atoms with E-state index in [1.54, 1.807) is 6.92 Å². The summed E-state index contributed by atoms with van der Waals surface area (Å²) in [7, 11) is 0. The fraction of sp³-hybridized carbons (Fsp3) is 0.833. The highest BCUT2D eigenvalue weighted by Crippen LogP contribution is 2.32. The van der Waals surface area contributed by atoms with Crippen LogP contribution in [0.1, 0.15) is 39.0 Å². The molecule has 0 spiro atoms. The summed E-state index contributed by atoms with van der Waals surface area (Å²) in [5.41, 5.74) is 0. The number of amides is 1. The number of likely N-dealkylation sites (tertiary alicyclic amines) is 1. The monoisotopic (exact) mass is 209 g/mol. The largest absolute Gasteiger partial charge is 0.343 e. The Morgan fingerprint density at radius 2 is 1.53 bits per heavy atom. The number of carbonyl (C=O) groups excluding carboxylic acids is 2. The van der Waals surface area contributed by atoms with Crippen LogP contribution in [0.15, 0.2) is 0 Å². The molecule has 1 saturated heterocycles. The van der Waals surface area contributed by atoms with E-state index < -0.39 is 0 Å². The molecule has 3 nitrogen and oxygen atoms in total. The Bertz CT molecular complexity index is 263. The van der Waals surface area contributed by atoms with Crippen molar-refractivity contribution in [3.8, 4) is 0 Å². The van der Waals surface area contributed by atoms with Crippen molar-refractivity contribution in [1.29, 1.82) is 0 Å². The van der Waals surface area contributed by atoms with Crippen molar-refractivity contribution in [2.45, 2.75) is 39.0 Å². The summed E-state index contributed by atoms with van der Waals surface area (Å²) in [6, 6.07) is 0. The summed E-state index contributed by atoms with van der Waals surface area (Å²) < 4.78 is 0. The third-order valence-electron chi connectivity index (χ3n) is 3.85. The number of Topliss-reactive ketones (excluding diaryl/α,β-unsaturated/α-hetero) is 1. The number of hydrogen-bond donors (Lipinski definition) is 0. The average molecular weight is 209 g/mol. The zero-order valence-corrected chi connectivity index (χ0v) is 9.37. The van der Waals surface area contributed by atoms with Crippen molar-refractivity contribution in [2.24, 2.45) is 11.8 Å². The van der Waals surface area contributed by atoms with Crippen LogP contribution in [0.2, 0.25) is 0 Å². The molecule has 1 saturated carbocycles. The number of nitrogens with zero attached hydrogens (tertiary/aromatic N) is 1. The Hall–Kier alpha value is -0.860. The van der Waals surface area contributed by atoms with Gasteiger partial charge in [0.1, 0.15) is 5.78 Å². The van der Waals surface area contributed by atoms with E-state index in [-0.39, 0.29) is 11.8 Å². The minimum atomic E-state index is 0.143. The number of carbonyl (C=O) groups is 2. The molecule has 2 aliphatic rings. The maximum Gasteiger partial charge on any atom is 0.219 e. The lowest BCUT2D eigenvalue weighted by Gasteiger charge is -2.34. The second kappa shape index (κ2) is 4.33. The molecule has 1 heterocycles. The van der Waals surface area contributed by atoms with E-state index in [2.05, 4.69) is 0 Å². The molecule has 3 heteroatoms. The van der Waals surface area contributed by atoms with Crippen LogP contribution in [0.3, 0.4) is 0 Å². The number of hydrogen-bond acceptors (Lipinski definition) is 2. The first-order valence-electron chi connectivity index (χ1n) is 5.97. The van der Waals surface area contributed by atoms with E-state index in [1.807, 2.05) is 4.90 Å². The standard InChI is InChI=1S/C12H19NO2/c1-9(14)13-7-5-11(6-8-13)12(15)10-3-2-4-10/h10-11H,2-8H2,1H3. The number of piperidine rings is 1.